The Hall–Kier alpha value is -1.59. The number of hydrogen-bond donors (Lipinski definition) is 1. The fourth-order valence-corrected chi connectivity index (χ4v) is 3.56. The predicted octanol–water partition coefficient (Wildman–Crippen LogP) is 2.86. The van der Waals surface area contributed by atoms with Gasteiger partial charge in [-0.05, 0) is 30.9 Å². The van der Waals surface area contributed by atoms with E-state index >= 15 is 0 Å². The van der Waals surface area contributed by atoms with Crippen molar-refractivity contribution in [2.24, 2.45) is 11.3 Å². The van der Waals surface area contributed by atoms with Gasteiger partial charge in [-0.3, -0.25) is 9.59 Å². The minimum absolute atomic E-state index is 0.0312. The largest absolute Gasteiger partial charge is 0.481 e. The molecule has 2 atom stereocenters. The van der Waals surface area contributed by atoms with E-state index in [0.717, 1.165) is 5.56 Å². The number of carboxylic acids is 1. The van der Waals surface area contributed by atoms with Crippen LogP contribution in [0.3, 0.4) is 0 Å². The monoisotopic (exact) mass is 353 g/mol. The highest BCUT2D eigenvalue weighted by Gasteiger charge is 2.44. The van der Waals surface area contributed by atoms with Gasteiger partial charge in [0.1, 0.15) is 5.41 Å². The summed E-state index contributed by atoms with van der Waals surface area (Å²) in [7, 11) is 1.49. The second-order valence-corrected chi connectivity index (χ2v) is 6.99. The van der Waals surface area contributed by atoms with Gasteiger partial charge < -0.3 is 14.7 Å². The molecule has 24 heavy (non-hydrogen) atoms. The molecule has 0 radical (unpaired) electrons. The third-order valence-corrected chi connectivity index (χ3v) is 5.04. The van der Waals surface area contributed by atoms with Crippen LogP contribution in [0.15, 0.2) is 24.3 Å². The molecule has 0 aliphatic carbocycles. The summed E-state index contributed by atoms with van der Waals surface area (Å²) in [6, 6.07) is 7.47. The molecule has 1 heterocycles. The van der Waals surface area contributed by atoms with E-state index in [1.807, 2.05) is 31.2 Å². The highest BCUT2D eigenvalue weighted by molar-refractivity contribution is 6.31. The second kappa shape index (κ2) is 7.99. The van der Waals surface area contributed by atoms with Gasteiger partial charge in [-0.25, -0.2) is 0 Å². The number of ether oxygens (including phenoxy) is 1. The Morgan fingerprint density at radius 1 is 1.42 bits per heavy atom. The average Bonchev–Trinajstić information content (AvgIpc) is 2.56. The summed E-state index contributed by atoms with van der Waals surface area (Å²) in [5.74, 6) is -1.19. The molecule has 1 aliphatic rings. The van der Waals surface area contributed by atoms with E-state index < -0.39 is 11.4 Å². The van der Waals surface area contributed by atoms with Crippen LogP contribution in [0.5, 0.6) is 0 Å². The lowest BCUT2D eigenvalue weighted by atomic mass is 9.80. The van der Waals surface area contributed by atoms with Gasteiger partial charge in [-0.2, -0.15) is 0 Å². The SMILES string of the molecule is COCC1(C(=O)O)CCCN(C(=O)C(C)Cc2ccccc2Cl)C1. The van der Waals surface area contributed by atoms with Crippen molar-refractivity contribution < 1.29 is 19.4 Å². The van der Waals surface area contributed by atoms with Gasteiger partial charge in [0.25, 0.3) is 0 Å². The topological polar surface area (TPSA) is 66.8 Å². The summed E-state index contributed by atoms with van der Waals surface area (Å²) in [4.78, 5) is 26.1. The van der Waals surface area contributed by atoms with Crippen LogP contribution < -0.4 is 0 Å². The summed E-state index contributed by atoms with van der Waals surface area (Å²) in [5.41, 5.74) is -0.0781. The molecule has 1 N–H and O–H groups in total. The lowest BCUT2D eigenvalue weighted by molar-refractivity contribution is -0.159. The summed E-state index contributed by atoms with van der Waals surface area (Å²) < 4.78 is 5.11. The Morgan fingerprint density at radius 3 is 2.75 bits per heavy atom. The number of halogens is 1. The van der Waals surface area contributed by atoms with Gasteiger partial charge in [0.15, 0.2) is 0 Å². The van der Waals surface area contributed by atoms with Crippen molar-refractivity contribution in [3.63, 3.8) is 0 Å². The molecule has 0 spiro atoms. The van der Waals surface area contributed by atoms with E-state index in [4.69, 9.17) is 16.3 Å². The fraction of sp³-hybridized carbons (Fsp3) is 0.556. The maximum absolute atomic E-state index is 12.8. The molecular weight excluding hydrogens is 330 g/mol. The lowest BCUT2D eigenvalue weighted by Crippen LogP contribution is -2.53. The first kappa shape index (κ1) is 18.7. The third kappa shape index (κ3) is 4.08. The molecule has 1 amide bonds. The number of carboxylic acid groups (broad SMARTS) is 1. The van der Waals surface area contributed by atoms with Crippen molar-refractivity contribution in [3.8, 4) is 0 Å². The van der Waals surface area contributed by atoms with Crippen molar-refractivity contribution >= 4 is 23.5 Å². The van der Waals surface area contributed by atoms with Crippen LogP contribution in [0, 0.1) is 11.3 Å². The van der Waals surface area contributed by atoms with Crippen LogP contribution >= 0.6 is 11.6 Å². The Morgan fingerprint density at radius 2 is 2.12 bits per heavy atom. The highest BCUT2D eigenvalue weighted by atomic mass is 35.5. The quantitative estimate of drug-likeness (QED) is 0.854. The number of carbonyl (C=O) groups excluding carboxylic acids is 1. The molecule has 2 rings (SSSR count). The van der Waals surface area contributed by atoms with Gasteiger partial charge in [0.2, 0.25) is 5.91 Å². The normalized spacial score (nSPS) is 22.2. The molecular formula is C18H24ClNO4. The summed E-state index contributed by atoms with van der Waals surface area (Å²) in [5, 5.41) is 10.2. The minimum atomic E-state index is -1.01. The van der Waals surface area contributed by atoms with Crippen LogP contribution in [-0.2, 0) is 20.7 Å². The molecule has 132 valence electrons. The highest BCUT2D eigenvalue weighted by Crippen LogP contribution is 2.32. The van der Waals surface area contributed by atoms with Crippen LogP contribution in [-0.4, -0.2) is 48.7 Å². The number of carbonyl (C=O) groups is 2. The molecule has 5 nitrogen and oxygen atoms in total. The van der Waals surface area contributed by atoms with Crippen LogP contribution in [0.1, 0.15) is 25.3 Å². The number of aliphatic carboxylic acids is 1. The number of amides is 1. The Labute approximate surface area is 147 Å². The molecule has 6 heteroatoms. The van der Waals surface area contributed by atoms with Crippen molar-refractivity contribution in [2.45, 2.75) is 26.2 Å². The molecule has 1 saturated heterocycles. The fourth-order valence-electron chi connectivity index (χ4n) is 3.34. The smallest absolute Gasteiger partial charge is 0.313 e. The van der Waals surface area contributed by atoms with Gasteiger partial charge >= 0.3 is 5.97 Å². The molecule has 1 aromatic carbocycles. The Bertz CT molecular complexity index is 602. The Balaban J connectivity index is 2.08. The van der Waals surface area contributed by atoms with E-state index in [1.165, 1.54) is 7.11 Å². The summed E-state index contributed by atoms with van der Waals surface area (Å²) >= 11 is 6.17. The summed E-state index contributed by atoms with van der Waals surface area (Å²) in [6.07, 6.45) is 1.73. The molecule has 1 fully saturated rings. The number of benzene rings is 1. The van der Waals surface area contributed by atoms with Crippen molar-refractivity contribution in [2.75, 3.05) is 26.8 Å². The number of likely N-dealkylation sites (tertiary alicyclic amines) is 1. The summed E-state index contributed by atoms with van der Waals surface area (Å²) in [6.45, 7) is 2.76. The third-order valence-electron chi connectivity index (χ3n) is 4.67. The Kier molecular flexibility index (Phi) is 6.24. The van der Waals surface area contributed by atoms with Gasteiger partial charge in [0, 0.05) is 31.1 Å². The maximum Gasteiger partial charge on any atom is 0.313 e. The minimum Gasteiger partial charge on any atom is -0.481 e. The standard InChI is InChI=1S/C18H24ClNO4/c1-13(10-14-6-3-4-7-15(14)19)16(21)20-9-5-8-18(11-20,12-24-2)17(22)23/h3-4,6-7,13H,5,8-12H2,1-2H3,(H,22,23). The van der Waals surface area contributed by atoms with Crippen molar-refractivity contribution in [1.82, 2.24) is 4.90 Å². The van der Waals surface area contributed by atoms with E-state index in [1.54, 1.807) is 4.90 Å². The van der Waals surface area contributed by atoms with Gasteiger partial charge in [0.05, 0.1) is 6.61 Å². The first-order chi connectivity index (χ1) is 11.4. The number of nitrogens with zero attached hydrogens (tertiary/aromatic N) is 1. The van der Waals surface area contributed by atoms with Crippen molar-refractivity contribution in [1.29, 1.82) is 0 Å². The first-order valence-corrected chi connectivity index (χ1v) is 8.52. The number of piperidine rings is 1. The maximum atomic E-state index is 12.8. The average molecular weight is 354 g/mol. The number of rotatable bonds is 6. The zero-order valence-electron chi connectivity index (χ0n) is 14.1. The first-order valence-electron chi connectivity index (χ1n) is 8.14. The van der Waals surface area contributed by atoms with Gasteiger partial charge in [-0.15, -0.1) is 0 Å². The van der Waals surface area contributed by atoms with E-state index in [-0.39, 0.29) is 25.0 Å². The lowest BCUT2D eigenvalue weighted by Gasteiger charge is -2.40. The van der Waals surface area contributed by atoms with Gasteiger partial charge in [-0.1, -0.05) is 36.7 Å². The molecule has 2 unspecified atom stereocenters. The predicted molar refractivity (Wildman–Crippen MR) is 92.1 cm³/mol. The van der Waals surface area contributed by atoms with E-state index in [9.17, 15) is 14.7 Å². The zero-order chi connectivity index (χ0) is 17.7. The van der Waals surface area contributed by atoms with E-state index in [0.29, 0.717) is 30.8 Å². The molecule has 1 aromatic rings. The molecule has 1 aliphatic heterocycles. The number of methoxy groups -OCH3 is 1. The van der Waals surface area contributed by atoms with Crippen LogP contribution in [0.25, 0.3) is 0 Å². The molecule has 0 saturated carbocycles. The van der Waals surface area contributed by atoms with E-state index in [2.05, 4.69) is 0 Å². The zero-order valence-corrected chi connectivity index (χ0v) is 14.9. The molecule has 0 bridgehead atoms. The van der Waals surface area contributed by atoms with Crippen LogP contribution in [0.4, 0.5) is 0 Å². The number of hydrogen-bond acceptors (Lipinski definition) is 3. The molecule has 0 aromatic heterocycles. The van der Waals surface area contributed by atoms with Crippen LogP contribution in [0.2, 0.25) is 5.02 Å². The van der Waals surface area contributed by atoms with Crippen molar-refractivity contribution in [3.05, 3.63) is 34.9 Å². The second-order valence-electron chi connectivity index (χ2n) is 6.58.